The number of rotatable bonds is 2. The van der Waals surface area contributed by atoms with E-state index in [2.05, 4.69) is 40.1 Å². The average Bonchev–Trinajstić information content (AvgIpc) is 2.88. The summed E-state index contributed by atoms with van der Waals surface area (Å²) in [6.45, 7) is 5.86. The van der Waals surface area contributed by atoms with E-state index in [-0.39, 0.29) is 5.82 Å². The smallest absolute Gasteiger partial charge is 0.159 e. The molecule has 0 fully saturated rings. The van der Waals surface area contributed by atoms with Gasteiger partial charge in [-0.1, -0.05) is 13.8 Å². The maximum atomic E-state index is 13.3. The molecule has 1 aliphatic heterocycles. The molecule has 1 aliphatic rings. The summed E-state index contributed by atoms with van der Waals surface area (Å²) in [4.78, 5) is 9.31. The van der Waals surface area contributed by atoms with E-state index in [0.29, 0.717) is 16.2 Å². The van der Waals surface area contributed by atoms with Crippen LogP contribution < -0.4 is 5.32 Å². The number of nitrogens with zero attached hydrogens (tertiary/aromatic N) is 2. The van der Waals surface area contributed by atoms with Crippen LogP contribution in [0.3, 0.4) is 0 Å². The van der Waals surface area contributed by atoms with Gasteiger partial charge >= 0.3 is 0 Å². The Kier molecular flexibility index (Phi) is 3.56. The van der Waals surface area contributed by atoms with Crippen LogP contribution in [0, 0.1) is 5.82 Å². The van der Waals surface area contributed by atoms with Gasteiger partial charge in [0.05, 0.1) is 15.9 Å². The summed E-state index contributed by atoms with van der Waals surface area (Å²) in [5, 5.41) is 3.31. The molecular formula is C15H15BrFN3. The lowest BCUT2D eigenvalue weighted by atomic mass is 10.0. The molecule has 1 aromatic heterocycles. The van der Waals surface area contributed by atoms with Gasteiger partial charge < -0.3 is 5.32 Å². The summed E-state index contributed by atoms with van der Waals surface area (Å²) < 4.78 is 13.8. The molecule has 0 radical (unpaired) electrons. The van der Waals surface area contributed by atoms with Crippen molar-refractivity contribution in [2.45, 2.75) is 32.9 Å². The van der Waals surface area contributed by atoms with Crippen LogP contribution in [0.2, 0.25) is 0 Å². The number of aromatic nitrogens is 2. The maximum absolute atomic E-state index is 13.3. The highest BCUT2D eigenvalue weighted by Crippen LogP contribution is 2.28. The van der Waals surface area contributed by atoms with Crippen molar-refractivity contribution in [2.24, 2.45) is 0 Å². The van der Waals surface area contributed by atoms with Crippen molar-refractivity contribution in [1.29, 1.82) is 0 Å². The van der Waals surface area contributed by atoms with Gasteiger partial charge in [0.25, 0.3) is 0 Å². The largest absolute Gasteiger partial charge is 0.307 e. The van der Waals surface area contributed by atoms with Gasteiger partial charge in [-0.3, -0.25) is 0 Å². The lowest BCUT2D eigenvalue weighted by Crippen LogP contribution is -2.05. The van der Waals surface area contributed by atoms with Crippen LogP contribution in [0.25, 0.3) is 11.4 Å². The number of benzene rings is 1. The lowest BCUT2D eigenvalue weighted by Gasteiger charge is -2.12. The van der Waals surface area contributed by atoms with Crippen molar-refractivity contribution < 1.29 is 4.39 Å². The van der Waals surface area contributed by atoms with Crippen molar-refractivity contribution in [3.63, 3.8) is 0 Å². The van der Waals surface area contributed by atoms with Crippen LogP contribution >= 0.6 is 15.9 Å². The molecule has 0 atom stereocenters. The van der Waals surface area contributed by atoms with Gasteiger partial charge in [0.1, 0.15) is 5.82 Å². The van der Waals surface area contributed by atoms with E-state index in [1.165, 1.54) is 11.6 Å². The zero-order valence-electron chi connectivity index (χ0n) is 11.4. The van der Waals surface area contributed by atoms with Gasteiger partial charge in [0.15, 0.2) is 5.82 Å². The minimum absolute atomic E-state index is 0.277. The predicted molar refractivity (Wildman–Crippen MR) is 79.8 cm³/mol. The first-order valence-electron chi connectivity index (χ1n) is 6.62. The van der Waals surface area contributed by atoms with E-state index in [4.69, 9.17) is 4.98 Å². The summed E-state index contributed by atoms with van der Waals surface area (Å²) in [7, 11) is 0. The zero-order chi connectivity index (χ0) is 14.3. The zero-order valence-corrected chi connectivity index (χ0v) is 13.0. The molecule has 3 rings (SSSR count). The summed E-state index contributed by atoms with van der Waals surface area (Å²) in [6.07, 6.45) is 0. The quantitative estimate of drug-likeness (QED) is 0.907. The minimum Gasteiger partial charge on any atom is -0.307 e. The summed E-state index contributed by atoms with van der Waals surface area (Å²) in [5.74, 6) is 0.729. The molecule has 2 aromatic rings. The Bertz CT molecular complexity index is 670. The maximum Gasteiger partial charge on any atom is 0.159 e. The van der Waals surface area contributed by atoms with Crippen LogP contribution in [0.15, 0.2) is 22.7 Å². The van der Waals surface area contributed by atoms with Gasteiger partial charge in [-0.15, -0.1) is 0 Å². The molecule has 3 nitrogen and oxygen atoms in total. The summed E-state index contributed by atoms with van der Waals surface area (Å²) >= 11 is 3.21. The first-order valence-corrected chi connectivity index (χ1v) is 7.41. The molecule has 0 saturated carbocycles. The van der Waals surface area contributed by atoms with E-state index >= 15 is 0 Å². The fourth-order valence-electron chi connectivity index (χ4n) is 2.44. The number of halogens is 2. The molecular weight excluding hydrogens is 321 g/mol. The molecule has 0 bridgehead atoms. The van der Waals surface area contributed by atoms with Crippen molar-refractivity contribution in [3.05, 3.63) is 45.4 Å². The predicted octanol–water partition coefficient (Wildman–Crippen LogP) is 3.77. The molecule has 0 amide bonds. The Hall–Kier alpha value is -1.33. The van der Waals surface area contributed by atoms with E-state index in [1.807, 2.05) is 0 Å². The monoisotopic (exact) mass is 335 g/mol. The highest BCUT2D eigenvalue weighted by Gasteiger charge is 2.21. The Morgan fingerprint density at radius 1 is 1.25 bits per heavy atom. The molecule has 0 spiro atoms. The topological polar surface area (TPSA) is 37.8 Å². The van der Waals surface area contributed by atoms with Crippen LogP contribution in [0.4, 0.5) is 4.39 Å². The molecule has 2 heterocycles. The van der Waals surface area contributed by atoms with Crippen molar-refractivity contribution in [2.75, 3.05) is 0 Å². The number of hydrogen-bond donors (Lipinski definition) is 1. The second-order valence-electron chi connectivity index (χ2n) is 5.24. The molecule has 104 valence electrons. The Labute approximate surface area is 125 Å². The van der Waals surface area contributed by atoms with E-state index in [1.54, 1.807) is 12.1 Å². The molecule has 1 aromatic carbocycles. The molecule has 0 aliphatic carbocycles. The van der Waals surface area contributed by atoms with Crippen LogP contribution in [0.1, 0.15) is 36.7 Å². The van der Waals surface area contributed by atoms with Crippen molar-refractivity contribution in [3.8, 4) is 11.4 Å². The van der Waals surface area contributed by atoms with Gasteiger partial charge in [0.2, 0.25) is 0 Å². The third kappa shape index (κ3) is 2.36. The van der Waals surface area contributed by atoms with Crippen LogP contribution in [-0.2, 0) is 13.1 Å². The Morgan fingerprint density at radius 2 is 2.05 bits per heavy atom. The van der Waals surface area contributed by atoms with E-state index in [0.717, 1.165) is 30.0 Å². The van der Waals surface area contributed by atoms with Crippen molar-refractivity contribution in [1.82, 2.24) is 15.3 Å². The second-order valence-corrected chi connectivity index (χ2v) is 6.10. The fraction of sp³-hybridized carbons (Fsp3) is 0.333. The van der Waals surface area contributed by atoms with E-state index in [9.17, 15) is 4.39 Å². The fourth-order valence-corrected chi connectivity index (χ4v) is 2.82. The van der Waals surface area contributed by atoms with Gasteiger partial charge in [-0.25, -0.2) is 14.4 Å². The first-order chi connectivity index (χ1) is 9.56. The number of nitrogens with one attached hydrogen (secondary N) is 1. The first kappa shape index (κ1) is 13.6. The van der Waals surface area contributed by atoms with Crippen LogP contribution in [0.5, 0.6) is 0 Å². The number of hydrogen-bond acceptors (Lipinski definition) is 3. The normalized spacial score (nSPS) is 13.8. The minimum atomic E-state index is -0.277. The van der Waals surface area contributed by atoms with Gasteiger partial charge in [-0.05, 0) is 40.0 Å². The van der Waals surface area contributed by atoms with Crippen LogP contribution in [-0.4, -0.2) is 9.97 Å². The third-order valence-corrected chi connectivity index (χ3v) is 4.05. The SMILES string of the molecule is CC(C)c1nc(-c2ccc(F)c(Br)c2)nc2c1CNC2. The Morgan fingerprint density at radius 3 is 2.75 bits per heavy atom. The van der Waals surface area contributed by atoms with Gasteiger partial charge in [-0.2, -0.15) is 0 Å². The average molecular weight is 336 g/mol. The number of fused-ring (bicyclic) bond motifs is 1. The highest BCUT2D eigenvalue weighted by atomic mass is 79.9. The molecule has 1 N–H and O–H groups in total. The third-order valence-electron chi connectivity index (χ3n) is 3.44. The summed E-state index contributed by atoms with van der Waals surface area (Å²) in [6, 6.07) is 4.88. The molecule has 20 heavy (non-hydrogen) atoms. The molecule has 5 heteroatoms. The second kappa shape index (κ2) is 5.22. The van der Waals surface area contributed by atoms with E-state index < -0.39 is 0 Å². The standard InChI is InChI=1S/C15H15BrFN3/c1-8(2)14-10-6-18-7-13(10)19-15(20-14)9-3-4-12(17)11(16)5-9/h3-5,8,18H,6-7H2,1-2H3. The highest BCUT2D eigenvalue weighted by molar-refractivity contribution is 9.10. The molecule has 0 unspecified atom stereocenters. The van der Waals surface area contributed by atoms with Crippen molar-refractivity contribution >= 4 is 15.9 Å². The summed E-state index contributed by atoms with van der Waals surface area (Å²) in [5.41, 5.74) is 4.18. The molecule has 0 saturated heterocycles. The van der Waals surface area contributed by atoms with Gasteiger partial charge in [0, 0.05) is 24.2 Å². The lowest BCUT2D eigenvalue weighted by molar-refractivity contribution is 0.621. The Balaban J connectivity index is 2.14.